The first-order valence-electron chi connectivity index (χ1n) is 9.27. The molecule has 1 atom stereocenters. The van der Waals surface area contributed by atoms with Crippen molar-refractivity contribution < 1.29 is 19.0 Å². The van der Waals surface area contributed by atoms with Gasteiger partial charge in [0.25, 0.3) is 0 Å². The second-order valence-electron chi connectivity index (χ2n) is 6.70. The summed E-state index contributed by atoms with van der Waals surface area (Å²) in [6, 6.07) is 15.6. The van der Waals surface area contributed by atoms with Gasteiger partial charge in [0.2, 0.25) is 5.91 Å². The van der Waals surface area contributed by atoms with Gasteiger partial charge in [-0.25, -0.2) is 0 Å². The van der Waals surface area contributed by atoms with Crippen LogP contribution >= 0.6 is 0 Å². The highest BCUT2D eigenvalue weighted by Gasteiger charge is 2.12. The lowest BCUT2D eigenvalue weighted by molar-refractivity contribution is -0.123. The van der Waals surface area contributed by atoms with E-state index in [9.17, 15) is 4.79 Å². The van der Waals surface area contributed by atoms with Crippen LogP contribution in [0.3, 0.4) is 0 Å². The third-order valence-electron chi connectivity index (χ3n) is 4.27. The second kappa shape index (κ2) is 9.76. The van der Waals surface area contributed by atoms with Crippen molar-refractivity contribution in [1.82, 2.24) is 5.32 Å². The minimum Gasteiger partial charge on any atom is -0.493 e. The van der Waals surface area contributed by atoms with E-state index >= 15 is 0 Å². The van der Waals surface area contributed by atoms with Gasteiger partial charge in [0.15, 0.2) is 0 Å². The summed E-state index contributed by atoms with van der Waals surface area (Å²) in [5.41, 5.74) is 1.99. The fourth-order valence-corrected chi connectivity index (χ4v) is 2.78. The third-order valence-corrected chi connectivity index (χ3v) is 4.27. The lowest BCUT2D eigenvalue weighted by Crippen LogP contribution is -2.27. The Kier molecular flexibility index (Phi) is 6.87. The first kappa shape index (κ1) is 19.7. The Hall–Kier alpha value is -3.05. The molecule has 0 heterocycles. The van der Waals surface area contributed by atoms with E-state index in [1.54, 1.807) is 0 Å². The summed E-state index contributed by atoms with van der Waals surface area (Å²) in [7, 11) is 1.50. The normalized spacial score (nSPS) is 15.6. The fourth-order valence-electron chi connectivity index (χ4n) is 2.78. The van der Waals surface area contributed by atoms with Crippen LogP contribution in [0.1, 0.15) is 12.0 Å². The largest absolute Gasteiger partial charge is 0.493 e. The van der Waals surface area contributed by atoms with E-state index < -0.39 is 0 Å². The number of allylic oxidation sites excluding steroid dienone is 2. The summed E-state index contributed by atoms with van der Waals surface area (Å²) in [4.78, 5) is 11.5. The second-order valence-corrected chi connectivity index (χ2v) is 6.70. The zero-order valence-electron chi connectivity index (χ0n) is 16.2. The molecule has 0 saturated heterocycles. The topological polar surface area (TPSA) is 56.8 Å². The van der Waals surface area contributed by atoms with Gasteiger partial charge in [0.1, 0.15) is 23.9 Å². The van der Waals surface area contributed by atoms with Gasteiger partial charge in [-0.15, -0.1) is 0 Å². The van der Waals surface area contributed by atoms with Crippen molar-refractivity contribution in [3.05, 3.63) is 78.0 Å². The van der Waals surface area contributed by atoms with E-state index in [0.717, 1.165) is 29.4 Å². The highest BCUT2D eigenvalue weighted by Crippen LogP contribution is 2.26. The molecule has 0 fully saturated rings. The first-order valence-corrected chi connectivity index (χ1v) is 9.27. The van der Waals surface area contributed by atoms with Gasteiger partial charge in [-0.1, -0.05) is 35.9 Å². The molecule has 0 spiro atoms. The number of rotatable bonds is 8. The molecular weight excluding hydrogens is 354 g/mol. The number of hydrogen-bond acceptors (Lipinski definition) is 4. The lowest BCUT2D eigenvalue weighted by Gasteiger charge is -2.17. The summed E-state index contributed by atoms with van der Waals surface area (Å²) in [6.45, 7) is 2.66. The molecule has 2 aromatic rings. The van der Waals surface area contributed by atoms with Crippen LogP contribution in [0.4, 0.5) is 0 Å². The highest BCUT2D eigenvalue weighted by molar-refractivity contribution is 5.79. The highest BCUT2D eigenvalue weighted by atomic mass is 16.5. The van der Waals surface area contributed by atoms with Crippen molar-refractivity contribution in [1.29, 1.82) is 0 Å². The van der Waals surface area contributed by atoms with Crippen molar-refractivity contribution in [3.8, 4) is 17.2 Å². The van der Waals surface area contributed by atoms with Crippen LogP contribution in [0.5, 0.6) is 17.2 Å². The quantitative estimate of drug-likeness (QED) is 0.739. The van der Waals surface area contributed by atoms with E-state index in [-0.39, 0.29) is 18.4 Å². The standard InChI is InChI=1S/C23H25NO4/c1-17-6-12-20(13-7-17)28-22-5-3-4-21(14-22)27-15-18-8-10-19(11-9-18)24-23(25)16-26-2/h3-8,10-14,18H,9,15-16H2,1-2H3,(H,24,25). The Bertz CT molecular complexity index is 855. The number of amides is 1. The molecule has 0 aromatic heterocycles. The maximum atomic E-state index is 11.5. The summed E-state index contributed by atoms with van der Waals surface area (Å²) in [5, 5.41) is 2.80. The molecule has 1 aliphatic carbocycles. The van der Waals surface area contributed by atoms with Crippen LogP contribution in [0, 0.1) is 12.8 Å². The molecule has 5 nitrogen and oxygen atoms in total. The minimum absolute atomic E-state index is 0.0543. The molecule has 146 valence electrons. The Balaban J connectivity index is 1.49. The number of carbonyl (C=O) groups excluding carboxylic acids is 1. The van der Waals surface area contributed by atoms with Gasteiger partial charge in [0.05, 0.1) is 6.61 Å². The Labute approximate surface area is 165 Å². The molecule has 28 heavy (non-hydrogen) atoms. The fraction of sp³-hybridized carbons (Fsp3) is 0.261. The molecule has 5 heteroatoms. The van der Waals surface area contributed by atoms with Gasteiger partial charge in [-0.3, -0.25) is 4.79 Å². The summed E-state index contributed by atoms with van der Waals surface area (Å²) in [6.07, 6.45) is 6.76. The SMILES string of the molecule is COCC(=O)NC1=CCC(COc2cccc(Oc3ccc(C)cc3)c2)C=C1. The third kappa shape index (κ3) is 5.99. The van der Waals surface area contributed by atoms with Crippen molar-refractivity contribution in [3.63, 3.8) is 0 Å². The van der Waals surface area contributed by atoms with Crippen molar-refractivity contribution in [2.45, 2.75) is 13.3 Å². The number of aryl methyl sites for hydroxylation is 1. The summed E-state index contributed by atoms with van der Waals surface area (Å²) in [5.74, 6) is 2.40. The average molecular weight is 379 g/mol. The molecule has 3 rings (SSSR count). The zero-order chi connectivity index (χ0) is 19.8. The van der Waals surface area contributed by atoms with Crippen LogP contribution in [0.25, 0.3) is 0 Å². The molecular formula is C23H25NO4. The Morgan fingerprint density at radius 1 is 1.11 bits per heavy atom. The molecule has 0 saturated carbocycles. The first-order chi connectivity index (χ1) is 13.6. The molecule has 1 aliphatic rings. The number of carbonyl (C=O) groups is 1. The number of methoxy groups -OCH3 is 1. The molecule has 2 aromatic carbocycles. The monoisotopic (exact) mass is 379 g/mol. The van der Waals surface area contributed by atoms with E-state index in [4.69, 9.17) is 14.2 Å². The van der Waals surface area contributed by atoms with Gasteiger partial charge in [-0.2, -0.15) is 0 Å². The van der Waals surface area contributed by atoms with Crippen LogP contribution < -0.4 is 14.8 Å². The predicted octanol–water partition coefficient (Wildman–Crippen LogP) is 4.39. The molecule has 1 unspecified atom stereocenters. The van der Waals surface area contributed by atoms with E-state index in [1.807, 2.05) is 67.6 Å². The Morgan fingerprint density at radius 3 is 2.61 bits per heavy atom. The van der Waals surface area contributed by atoms with Gasteiger partial charge in [-0.05, 0) is 43.7 Å². The van der Waals surface area contributed by atoms with Crippen LogP contribution in [-0.4, -0.2) is 26.2 Å². The molecule has 0 aliphatic heterocycles. The number of nitrogens with one attached hydrogen (secondary N) is 1. The van der Waals surface area contributed by atoms with Crippen LogP contribution in [0.2, 0.25) is 0 Å². The number of benzene rings is 2. The average Bonchev–Trinajstić information content (AvgIpc) is 2.70. The van der Waals surface area contributed by atoms with E-state index in [0.29, 0.717) is 6.61 Å². The summed E-state index contributed by atoms with van der Waals surface area (Å²) >= 11 is 0. The van der Waals surface area contributed by atoms with Crippen molar-refractivity contribution in [2.24, 2.45) is 5.92 Å². The molecule has 0 bridgehead atoms. The smallest absolute Gasteiger partial charge is 0.250 e. The molecule has 1 N–H and O–H groups in total. The molecule has 1 amide bonds. The van der Waals surface area contributed by atoms with E-state index in [2.05, 4.69) is 11.4 Å². The Morgan fingerprint density at radius 2 is 1.89 bits per heavy atom. The molecule has 0 radical (unpaired) electrons. The number of ether oxygens (including phenoxy) is 3. The van der Waals surface area contributed by atoms with Crippen molar-refractivity contribution >= 4 is 5.91 Å². The van der Waals surface area contributed by atoms with Crippen molar-refractivity contribution in [2.75, 3.05) is 20.3 Å². The number of hydrogen-bond donors (Lipinski definition) is 1. The predicted molar refractivity (Wildman–Crippen MR) is 109 cm³/mol. The zero-order valence-corrected chi connectivity index (χ0v) is 16.2. The van der Waals surface area contributed by atoms with Gasteiger partial charge in [0, 0.05) is 24.8 Å². The van der Waals surface area contributed by atoms with Crippen LogP contribution in [0.15, 0.2) is 72.5 Å². The van der Waals surface area contributed by atoms with Crippen LogP contribution in [-0.2, 0) is 9.53 Å². The summed E-state index contributed by atoms with van der Waals surface area (Å²) < 4.78 is 16.6. The lowest BCUT2D eigenvalue weighted by atomic mass is 10.0. The minimum atomic E-state index is -0.154. The maximum absolute atomic E-state index is 11.5. The van der Waals surface area contributed by atoms with E-state index in [1.165, 1.54) is 12.7 Å². The van der Waals surface area contributed by atoms with Gasteiger partial charge < -0.3 is 19.5 Å². The maximum Gasteiger partial charge on any atom is 0.250 e. The van der Waals surface area contributed by atoms with Gasteiger partial charge >= 0.3 is 0 Å².